The Hall–Kier alpha value is -1.59. The number of hydrogen-bond acceptors (Lipinski definition) is 3. The van der Waals surface area contributed by atoms with Crippen LogP contribution >= 0.6 is 0 Å². The van der Waals surface area contributed by atoms with Crippen molar-refractivity contribution in [2.24, 2.45) is 5.73 Å². The van der Waals surface area contributed by atoms with Crippen molar-refractivity contribution in [3.63, 3.8) is 0 Å². The quantitative estimate of drug-likeness (QED) is 0.404. The molecule has 5 N–H and O–H groups in total. The third-order valence-electron chi connectivity index (χ3n) is 1.81. The van der Waals surface area contributed by atoms with Crippen LogP contribution < -0.4 is 21.7 Å². The van der Waals surface area contributed by atoms with Crippen LogP contribution in [0, 0.1) is 0 Å². The minimum Gasteiger partial charge on any atom is -0.326 e. The Morgan fingerprint density at radius 2 is 1.93 bits per heavy atom. The van der Waals surface area contributed by atoms with Crippen LogP contribution in [0.3, 0.4) is 0 Å². The van der Waals surface area contributed by atoms with Crippen LogP contribution in [-0.2, 0) is 6.54 Å². The normalized spacial score (nSPS) is 9.67. The standard InChI is InChI=1S/C10H16N4O/c11-7-13-10(15)14-8-12-6-9-4-2-1-3-5-9/h1-5,12H,6-8,11H2,(H2,13,14,15). The first-order chi connectivity index (χ1) is 7.33. The lowest BCUT2D eigenvalue weighted by molar-refractivity contribution is 0.240. The summed E-state index contributed by atoms with van der Waals surface area (Å²) < 4.78 is 0. The van der Waals surface area contributed by atoms with Crippen LogP contribution in [-0.4, -0.2) is 19.4 Å². The number of benzene rings is 1. The first kappa shape index (κ1) is 11.5. The Kier molecular flexibility index (Phi) is 5.21. The zero-order valence-corrected chi connectivity index (χ0v) is 8.49. The summed E-state index contributed by atoms with van der Waals surface area (Å²) in [6, 6.07) is 9.70. The molecule has 0 unspecified atom stereocenters. The van der Waals surface area contributed by atoms with E-state index < -0.39 is 0 Å². The van der Waals surface area contributed by atoms with E-state index >= 15 is 0 Å². The van der Waals surface area contributed by atoms with Gasteiger partial charge in [-0.1, -0.05) is 30.3 Å². The molecule has 0 aromatic heterocycles. The van der Waals surface area contributed by atoms with Crippen LogP contribution in [0.2, 0.25) is 0 Å². The molecule has 0 saturated heterocycles. The summed E-state index contributed by atoms with van der Waals surface area (Å²) >= 11 is 0. The topological polar surface area (TPSA) is 79.2 Å². The molecule has 0 aliphatic heterocycles. The highest BCUT2D eigenvalue weighted by atomic mass is 16.2. The molecule has 15 heavy (non-hydrogen) atoms. The van der Waals surface area contributed by atoms with E-state index in [1.54, 1.807) is 0 Å². The summed E-state index contributed by atoms with van der Waals surface area (Å²) in [5.74, 6) is 0. The van der Waals surface area contributed by atoms with Crippen molar-refractivity contribution in [2.45, 2.75) is 6.54 Å². The van der Waals surface area contributed by atoms with Crippen LogP contribution in [0.15, 0.2) is 30.3 Å². The first-order valence-electron chi connectivity index (χ1n) is 4.79. The molecule has 0 aliphatic rings. The molecule has 82 valence electrons. The summed E-state index contributed by atoms with van der Waals surface area (Å²) in [6.07, 6.45) is 0. The molecule has 5 heteroatoms. The Balaban J connectivity index is 2.10. The monoisotopic (exact) mass is 208 g/mol. The SMILES string of the molecule is NCNC(=O)NCNCc1ccccc1. The molecule has 0 spiro atoms. The molecule has 0 bridgehead atoms. The largest absolute Gasteiger partial charge is 0.326 e. The number of rotatable bonds is 5. The van der Waals surface area contributed by atoms with Gasteiger partial charge < -0.3 is 16.4 Å². The molecular formula is C10H16N4O. The number of amides is 2. The van der Waals surface area contributed by atoms with Crippen molar-refractivity contribution in [1.82, 2.24) is 16.0 Å². The molecule has 0 saturated carbocycles. The molecule has 1 aromatic carbocycles. The molecule has 0 radical (unpaired) electrons. The van der Waals surface area contributed by atoms with Crippen LogP contribution in [0.25, 0.3) is 0 Å². The number of nitrogens with one attached hydrogen (secondary N) is 3. The molecule has 0 aliphatic carbocycles. The van der Waals surface area contributed by atoms with Gasteiger partial charge in [0.05, 0.1) is 13.3 Å². The van der Waals surface area contributed by atoms with Gasteiger partial charge in [0.25, 0.3) is 0 Å². The van der Waals surface area contributed by atoms with Gasteiger partial charge in [0, 0.05) is 6.54 Å². The van der Waals surface area contributed by atoms with E-state index in [4.69, 9.17) is 5.73 Å². The Bertz CT molecular complexity index is 289. The molecular weight excluding hydrogens is 192 g/mol. The van der Waals surface area contributed by atoms with Crippen LogP contribution in [0.5, 0.6) is 0 Å². The third kappa shape index (κ3) is 4.99. The molecule has 0 fully saturated rings. The number of nitrogens with two attached hydrogens (primary N) is 1. The van der Waals surface area contributed by atoms with E-state index in [-0.39, 0.29) is 12.7 Å². The molecule has 0 atom stereocenters. The van der Waals surface area contributed by atoms with E-state index in [1.165, 1.54) is 5.56 Å². The van der Waals surface area contributed by atoms with Gasteiger partial charge in [-0.15, -0.1) is 0 Å². The lowest BCUT2D eigenvalue weighted by atomic mass is 10.2. The summed E-state index contributed by atoms with van der Waals surface area (Å²) in [5.41, 5.74) is 6.31. The average molecular weight is 208 g/mol. The smallest absolute Gasteiger partial charge is 0.316 e. The third-order valence-corrected chi connectivity index (χ3v) is 1.81. The van der Waals surface area contributed by atoms with Gasteiger partial charge in [-0.2, -0.15) is 0 Å². The van der Waals surface area contributed by atoms with Gasteiger partial charge in [-0.25, -0.2) is 4.79 Å². The summed E-state index contributed by atoms with van der Waals surface area (Å²) in [6.45, 7) is 1.29. The fourth-order valence-corrected chi connectivity index (χ4v) is 1.10. The van der Waals surface area contributed by atoms with E-state index in [9.17, 15) is 4.79 Å². The maximum Gasteiger partial charge on any atom is 0.316 e. The maximum atomic E-state index is 10.9. The van der Waals surface area contributed by atoms with Crippen molar-refractivity contribution >= 4 is 6.03 Å². The lowest BCUT2D eigenvalue weighted by Crippen LogP contribution is -2.42. The highest BCUT2D eigenvalue weighted by Gasteiger charge is 1.95. The van der Waals surface area contributed by atoms with Gasteiger partial charge in [0.2, 0.25) is 0 Å². The minimum atomic E-state index is -0.266. The van der Waals surface area contributed by atoms with Gasteiger partial charge in [0.1, 0.15) is 0 Å². The Morgan fingerprint density at radius 3 is 2.60 bits per heavy atom. The Labute approximate surface area is 89.0 Å². The van der Waals surface area contributed by atoms with E-state index in [0.29, 0.717) is 6.67 Å². The van der Waals surface area contributed by atoms with E-state index in [0.717, 1.165) is 6.54 Å². The zero-order valence-electron chi connectivity index (χ0n) is 8.49. The predicted molar refractivity (Wildman–Crippen MR) is 58.9 cm³/mol. The lowest BCUT2D eigenvalue weighted by Gasteiger charge is -2.07. The van der Waals surface area contributed by atoms with E-state index in [1.807, 2.05) is 30.3 Å². The van der Waals surface area contributed by atoms with Crippen molar-refractivity contribution in [2.75, 3.05) is 13.3 Å². The van der Waals surface area contributed by atoms with Crippen molar-refractivity contribution in [1.29, 1.82) is 0 Å². The van der Waals surface area contributed by atoms with Gasteiger partial charge in [0.15, 0.2) is 0 Å². The highest BCUT2D eigenvalue weighted by molar-refractivity contribution is 5.73. The minimum absolute atomic E-state index is 0.143. The molecule has 0 heterocycles. The number of hydrogen-bond donors (Lipinski definition) is 4. The number of carbonyl (C=O) groups excluding carboxylic acids is 1. The first-order valence-corrected chi connectivity index (χ1v) is 4.79. The van der Waals surface area contributed by atoms with Gasteiger partial charge in [-0.3, -0.25) is 5.32 Å². The van der Waals surface area contributed by atoms with Gasteiger partial charge >= 0.3 is 6.03 Å². The molecule has 2 amide bonds. The summed E-state index contributed by atoms with van der Waals surface area (Å²) in [5, 5.41) is 8.12. The van der Waals surface area contributed by atoms with E-state index in [2.05, 4.69) is 16.0 Å². The summed E-state index contributed by atoms with van der Waals surface area (Å²) in [4.78, 5) is 10.9. The fraction of sp³-hybridized carbons (Fsp3) is 0.300. The van der Waals surface area contributed by atoms with Gasteiger partial charge in [-0.05, 0) is 5.56 Å². The number of urea groups is 1. The zero-order chi connectivity index (χ0) is 10.9. The molecule has 1 aromatic rings. The molecule has 5 nitrogen and oxygen atoms in total. The van der Waals surface area contributed by atoms with Crippen molar-refractivity contribution in [3.8, 4) is 0 Å². The Morgan fingerprint density at radius 1 is 1.20 bits per heavy atom. The second kappa shape index (κ2) is 6.80. The second-order valence-electron chi connectivity index (χ2n) is 2.98. The number of carbonyl (C=O) groups is 1. The fourth-order valence-electron chi connectivity index (χ4n) is 1.10. The van der Waals surface area contributed by atoms with Crippen molar-refractivity contribution in [3.05, 3.63) is 35.9 Å². The average Bonchev–Trinajstić information content (AvgIpc) is 2.26. The predicted octanol–water partition coefficient (Wildman–Crippen LogP) is -0.0509. The van der Waals surface area contributed by atoms with Crippen LogP contribution in [0.1, 0.15) is 5.56 Å². The summed E-state index contributed by atoms with van der Waals surface area (Å²) in [7, 11) is 0. The highest BCUT2D eigenvalue weighted by Crippen LogP contribution is 1.96. The van der Waals surface area contributed by atoms with Crippen LogP contribution in [0.4, 0.5) is 4.79 Å². The molecule has 1 rings (SSSR count). The second-order valence-corrected chi connectivity index (χ2v) is 2.98. The van der Waals surface area contributed by atoms with Crippen molar-refractivity contribution < 1.29 is 4.79 Å². The maximum absolute atomic E-state index is 10.9.